The number of likely N-dealkylation sites (tertiary alicyclic amines) is 1. The Morgan fingerprint density at radius 1 is 1.02 bits per heavy atom. The van der Waals surface area contributed by atoms with E-state index in [-0.39, 0.29) is 54.3 Å². The first kappa shape index (κ1) is 40.3. The lowest BCUT2D eigenvalue weighted by Crippen LogP contribution is -2.59. The van der Waals surface area contributed by atoms with Crippen LogP contribution in [-0.4, -0.2) is 99.3 Å². The van der Waals surface area contributed by atoms with Gasteiger partial charge in [-0.05, 0) is 64.5 Å². The maximum absolute atomic E-state index is 14.2. The number of amides is 3. The molecule has 1 aliphatic carbocycles. The molecular weight excluding hydrogens is 693 g/mol. The maximum Gasteiger partial charge on any atom is 0.306 e. The largest absolute Gasteiger partial charge is 0.481 e. The smallest absolute Gasteiger partial charge is 0.306 e. The molecule has 0 aromatic carbocycles. The zero-order valence-electron chi connectivity index (χ0n) is 30.8. The van der Waals surface area contributed by atoms with Crippen molar-refractivity contribution in [1.82, 2.24) is 30.4 Å². The summed E-state index contributed by atoms with van der Waals surface area (Å²) in [6, 6.07) is -1.75. The number of carbonyl (C=O) groups excluding carboxylic acids is 4. The normalized spacial score (nSPS) is 19.6. The molecule has 0 radical (unpaired) electrons. The highest BCUT2D eigenvalue weighted by atomic mass is 32.1. The van der Waals surface area contributed by atoms with Crippen molar-refractivity contribution in [2.24, 2.45) is 17.8 Å². The van der Waals surface area contributed by atoms with E-state index in [0.29, 0.717) is 11.4 Å². The summed E-state index contributed by atoms with van der Waals surface area (Å²) in [5.74, 6) is -2.86. The van der Waals surface area contributed by atoms with Crippen molar-refractivity contribution in [3.63, 3.8) is 0 Å². The predicted molar refractivity (Wildman–Crippen MR) is 195 cm³/mol. The Labute approximate surface area is 308 Å². The fraction of sp³-hybridized carbons (Fsp3) is 0.694. The summed E-state index contributed by atoms with van der Waals surface area (Å²) in [5.41, 5.74) is 0.982. The summed E-state index contributed by atoms with van der Waals surface area (Å²) in [4.78, 5) is 77.8. The number of thiazole rings is 2. The van der Waals surface area contributed by atoms with Gasteiger partial charge in [0.15, 0.2) is 6.10 Å². The molecule has 13 nitrogen and oxygen atoms in total. The summed E-state index contributed by atoms with van der Waals surface area (Å²) in [7, 11) is 3.69. The molecule has 3 heterocycles. The maximum atomic E-state index is 14.2. The lowest BCUT2D eigenvalue weighted by molar-refractivity contribution is -0.149. The van der Waals surface area contributed by atoms with Crippen LogP contribution in [-0.2, 0) is 30.3 Å². The third-order valence-electron chi connectivity index (χ3n) is 10.1. The number of likely N-dealkylation sites (N-methyl/N-ethyl adjacent to an activating group) is 2. The van der Waals surface area contributed by atoms with E-state index in [1.165, 1.54) is 29.6 Å². The Hall–Kier alpha value is -3.43. The molecule has 2 aliphatic rings. The van der Waals surface area contributed by atoms with Crippen LogP contribution in [0.3, 0.4) is 0 Å². The SMILES string of the molecule is CC(=O)O[C@H](C[C@H](C(C)C)N(C)C(=O)[C@@H](NC(=O)[C@H]1CCCCN1C)C1CCC1)c1nc(C(=O)N[C@@H](Cc2nc(C)cs2)C[C@H](C)C(=O)O)cs1. The van der Waals surface area contributed by atoms with Crippen LogP contribution in [0.2, 0.25) is 0 Å². The van der Waals surface area contributed by atoms with E-state index in [9.17, 15) is 29.1 Å². The molecule has 1 aliphatic heterocycles. The minimum absolute atomic E-state index is 0.0339. The molecule has 2 aromatic heterocycles. The Balaban J connectivity index is 1.50. The first-order valence-corrected chi connectivity index (χ1v) is 19.7. The van der Waals surface area contributed by atoms with Gasteiger partial charge in [0.25, 0.3) is 5.91 Å². The van der Waals surface area contributed by atoms with Gasteiger partial charge in [-0.1, -0.05) is 33.6 Å². The van der Waals surface area contributed by atoms with Crippen LogP contribution < -0.4 is 10.6 Å². The van der Waals surface area contributed by atoms with E-state index in [1.807, 2.05) is 33.2 Å². The molecule has 3 amide bonds. The molecule has 15 heteroatoms. The number of piperidine rings is 1. The number of nitrogens with zero attached hydrogens (tertiary/aromatic N) is 4. The number of hydrogen-bond donors (Lipinski definition) is 3. The molecule has 6 atom stereocenters. The number of carboxylic acid groups (broad SMARTS) is 1. The number of nitrogens with one attached hydrogen (secondary N) is 2. The summed E-state index contributed by atoms with van der Waals surface area (Å²) in [5, 5.41) is 20.3. The second-order valence-corrected chi connectivity index (χ2v) is 16.4. The average molecular weight is 747 g/mol. The molecule has 282 valence electrons. The van der Waals surface area contributed by atoms with E-state index in [1.54, 1.807) is 24.3 Å². The standard InChI is InChI=1S/C36H54N6O7S2/c1-20(2)28(42(7)35(46)31(24-11-10-12-24)40-33(45)27-13-8-9-14-41(27)6)17-29(49-23(5)43)34-39-26(19-51-34)32(44)38-25(15-21(3)36(47)48)16-30-37-22(4)18-50-30/h18-21,24-25,27-29,31H,8-17H2,1-7H3,(H,38,44)(H,40,45)(H,47,48)/t21-,25+,27+,28+,29+,31-/m0/s1. The van der Waals surface area contributed by atoms with Gasteiger partial charge in [-0.15, -0.1) is 22.7 Å². The number of aromatic nitrogens is 2. The molecular formula is C36H54N6O7S2. The molecule has 51 heavy (non-hydrogen) atoms. The van der Waals surface area contributed by atoms with Crippen LogP contribution in [0.5, 0.6) is 0 Å². The molecule has 0 bridgehead atoms. The highest BCUT2D eigenvalue weighted by molar-refractivity contribution is 7.10. The highest BCUT2D eigenvalue weighted by Crippen LogP contribution is 2.34. The molecule has 0 spiro atoms. The lowest BCUT2D eigenvalue weighted by Gasteiger charge is -2.41. The molecule has 2 fully saturated rings. The van der Waals surface area contributed by atoms with Crippen LogP contribution in [0.15, 0.2) is 10.8 Å². The van der Waals surface area contributed by atoms with Gasteiger partial charge in [-0.2, -0.15) is 0 Å². The van der Waals surface area contributed by atoms with Crippen LogP contribution in [0.4, 0.5) is 0 Å². The van der Waals surface area contributed by atoms with Gasteiger partial charge < -0.3 is 25.4 Å². The molecule has 1 saturated heterocycles. The van der Waals surface area contributed by atoms with Gasteiger partial charge in [0.05, 0.1) is 17.0 Å². The van der Waals surface area contributed by atoms with E-state index in [4.69, 9.17) is 4.74 Å². The summed E-state index contributed by atoms with van der Waals surface area (Å²) in [6.07, 6.45) is 5.57. The summed E-state index contributed by atoms with van der Waals surface area (Å²) < 4.78 is 5.77. The van der Waals surface area contributed by atoms with E-state index in [0.717, 1.165) is 55.8 Å². The number of aryl methyl sites for hydroxylation is 1. The van der Waals surface area contributed by atoms with Crippen molar-refractivity contribution < 1.29 is 33.8 Å². The number of esters is 1. The third kappa shape index (κ3) is 11.0. The average Bonchev–Trinajstić information content (AvgIpc) is 3.70. The van der Waals surface area contributed by atoms with Crippen molar-refractivity contribution in [3.05, 3.63) is 32.2 Å². The zero-order chi connectivity index (χ0) is 37.4. The predicted octanol–water partition coefficient (Wildman–Crippen LogP) is 4.61. The fourth-order valence-electron chi connectivity index (χ4n) is 6.92. The quantitative estimate of drug-likeness (QED) is 0.194. The van der Waals surface area contributed by atoms with E-state index >= 15 is 0 Å². The number of ether oxygens (including phenoxy) is 1. The van der Waals surface area contributed by atoms with Gasteiger partial charge in [0, 0.05) is 55.4 Å². The van der Waals surface area contributed by atoms with Crippen LogP contribution in [0.1, 0.15) is 111 Å². The monoisotopic (exact) mass is 746 g/mol. The highest BCUT2D eigenvalue weighted by Gasteiger charge is 2.40. The van der Waals surface area contributed by atoms with E-state index in [2.05, 4.69) is 25.5 Å². The van der Waals surface area contributed by atoms with Crippen molar-refractivity contribution in [3.8, 4) is 0 Å². The first-order valence-electron chi connectivity index (χ1n) is 18.0. The Bertz CT molecular complexity index is 1520. The second-order valence-electron chi connectivity index (χ2n) is 14.6. The van der Waals surface area contributed by atoms with Crippen LogP contribution in [0.25, 0.3) is 0 Å². The first-order chi connectivity index (χ1) is 24.1. The topological polar surface area (TPSA) is 171 Å². The lowest BCUT2D eigenvalue weighted by atomic mass is 9.78. The van der Waals surface area contributed by atoms with E-state index < -0.39 is 42.0 Å². The van der Waals surface area contributed by atoms with Gasteiger partial charge in [-0.3, -0.25) is 28.9 Å². The number of carboxylic acids is 1. The van der Waals surface area contributed by atoms with Gasteiger partial charge >= 0.3 is 11.9 Å². The second kappa shape index (κ2) is 18.4. The molecule has 4 rings (SSSR count). The molecule has 0 unspecified atom stereocenters. The third-order valence-corrected chi connectivity index (χ3v) is 12.1. The Morgan fingerprint density at radius 3 is 2.31 bits per heavy atom. The van der Waals surface area contributed by atoms with Crippen molar-refractivity contribution in [2.75, 3.05) is 20.6 Å². The van der Waals surface area contributed by atoms with Crippen LogP contribution in [0, 0.1) is 24.7 Å². The number of carbonyl (C=O) groups is 5. The van der Waals surface area contributed by atoms with Gasteiger partial charge in [0.2, 0.25) is 11.8 Å². The molecule has 1 saturated carbocycles. The summed E-state index contributed by atoms with van der Waals surface area (Å²) >= 11 is 2.64. The van der Waals surface area contributed by atoms with Gasteiger partial charge in [-0.25, -0.2) is 9.97 Å². The fourth-order valence-corrected chi connectivity index (χ4v) is 8.61. The van der Waals surface area contributed by atoms with Crippen molar-refractivity contribution >= 4 is 52.3 Å². The number of rotatable bonds is 17. The molecule has 3 N–H and O–H groups in total. The molecule has 2 aromatic rings. The Kier molecular flexibility index (Phi) is 14.5. The number of aliphatic carboxylic acids is 1. The number of hydrogen-bond acceptors (Lipinski definition) is 11. The Morgan fingerprint density at radius 2 is 1.75 bits per heavy atom. The van der Waals surface area contributed by atoms with Crippen molar-refractivity contribution in [1.29, 1.82) is 0 Å². The van der Waals surface area contributed by atoms with Crippen molar-refractivity contribution in [2.45, 2.75) is 123 Å². The van der Waals surface area contributed by atoms with Gasteiger partial charge in [0.1, 0.15) is 16.7 Å². The zero-order valence-corrected chi connectivity index (χ0v) is 32.5. The minimum atomic E-state index is -0.953. The summed E-state index contributed by atoms with van der Waals surface area (Å²) in [6.45, 7) is 9.63. The van der Waals surface area contributed by atoms with Crippen LogP contribution >= 0.6 is 22.7 Å². The minimum Gasteiger partial charge on any atom is -0.481 e.